The number of amides is 4. The molecular weight excluding hydrogens is 678 g/mol. The highest BCUT2D eigenvalue weighted by Crippen LogP contribution is 2.31. The van der Waals surface area contributed by atoms with E-state index in [0.29, 0.717) is 19.4 Å². The summed E-state index contributed by atoms with van der Waals surface area (Å²) in [5.74, 6) is -3.27. The highest BCUT2D eigenvalue weighted by Gasteiger charge is 2.46. The van der Waals surface area contributed by atoms with Crippen molar-refractivity contribution in [1.29, 1.82) is 0 Å². The molecule has 0 saturated carbocycles. The summed E-state index contributed by atoms with van der Waals surface area (Å²) >= 11 is 0. The third-order valence-electron chi connectivity index (χ3n) is 11.9. The highest BCUT2D eigenvalue weighted by atomic mass is 16.5. The van der Waals surface area contributed by atoms with Crippen LogP contribution in [0.5, 0.6) is 0 Å². The molecule has 1 aromatic carbocycles. The number of likely N-dealkylation sites (tertiary alicyclic amines) is 2. The molecule has 2 heterocycles. The van der Waals surface area contributed by atoms with E-state index in [9.17, 15) is 29.1 Å². The number of carbonyl (C=O) groups is 5. The van der Waals surface area contributed by atoms with E-state index in [-0.39, 0.29) is 48.4 Å². The Hall–Kier alpha value is -3.39. The highest BCUT2D eigenvalue weighted by molar-refractivity contribution is 6.02. The van der Waals surface area contributed by atoms with E-state index in [1.165, 1.54) is 7.11 Å². The number of nitrogens with zero attached hydrogens (tertiary/aromatic N) is 3. The number of benzene rings is 1. The van der Waals surface area contributed by atoms with Crippen molar-refractivity contribution < 1.29 is 38.6 Å². The number of nitrogens with one attached hydrogen (secondary N) is 2. The Kier molecular flexibility index (Phi) is 16.4. The van der Waals surface area contributed by atoms with Gasteiger partial charge in [0.05, 0.1) is 42.2 Å². The van der Waals surface area contributed by atoms with Crippen LogP contribution in [-0.4, -0.2) is 133 Å². The average molecular weight is 744 g/mol. The lowest BCUT2D eigenvalue weighted by atomic mass is 9.87. The Morgan fingerprint density at radius 3 is 2.19 bits per heavy atom. The second kappa shape index (κ2) is 19.8. The van der Waals surface area contributed by atoms with Crippen LogP contribution in [0.2, 0.25) is 0 Å². The van der Waals surface area contributed by atoms with E-state index in [1.54, 1.807) is 18.9 Å². The SMILES string of the molecule is CC[C@H](C)[C@@H]([C@@H](CC(=O)N1CCC[C@H]1[C@H](OC)[C@@H](C)C(=O)N[C@@H](Cc1ccccc1)C(=O)O)OC)N(C)[C@H](C(=O)NC(=O)[C@]1(C)CCCN1C)C(C)C. The third-order valence-corrected chi connectivity index (χ3v) is 11.9. The van der Waals surface area contributed by atoms with Crippen molar-refractivity contribution in [2.75, 3.05) is 41.4 Å². The van der Waals surface area contributed by atoms with Crippen LogP contribution in [0.1, 0.15) is 85.6 Å². The molecule has 3 rings (SSSR count). The van der Waals surface area contributed by atoms with Crippen molar-refractivity contribution in [2.45, 2.75) is 128 Å². The summed E-state index contributed by atoms with van der Waals surface area (Å²) in [4.78, 5) is 72.8. The molecule has 9 atom stereocenters. The first-order chi connectivity index (χ1) is 25.0. The first kappa shape index (κ1) is 44.0. The standard InChI is InChI=1S/C40H65N5O8/c1-11-26(4)34(44(8)33(25(2)3)37(48)42-39(51)40(6)20-16-21-43(40)7)31(52-9)24-32(46)45-22-15-19-30(45)35(53-10)27(5)36(47)41-29(38(49)50)23-28-17-13-12-14-18-28/h12-14,17-18,25-27,29-31,33-35H,11,15-16,19-24H2,1-10H3,(H,41,47)(H,49,50)(H,42,48,51)/t26-,27+,29-,30-,31+,33-,34-,35+,40-/m0/s1. The van der Waals surface area contributed by atoms with Crippen LogP contribution in [0.3, 0.4) is 0 Å². The molecule has 0 aliphatic carbocycles. The van der Waals surface area contributed by atoms with Crippen molar-refractivity contribution in [2.24, 2.45) is 17.8 Å². The minimum atomic E-state index is -1.13. The molecule has 0 radical (unpaired) electrons. The van der Waals surface area contributed by atoms with E-state index in [2.05, 4.69) is 24.5 Å². The van der Waals surface area contributed by atoms with E-state index in [4.69, 9.17) is 9.47 Å². The molecule has 53 heavy (non-hydrogen) atoms. The van der Waals surface area contributed by atoms with Gasteiger partial charge in [-0.2, -0.15) is 0 Å². The quantitative estimate of drug-likeness (QED) is 0.192. The number of likely N-dealkylation sites (N-methyl/N-ethyl adjacent to an activating group) is 2. The maximum Gasteiger partial charge on any atom is 0.326 e. The maximum atomic E-state index is 14.2. The number of carboxylic acids is 1. The predicted octanol–water partition coefficient (Wildman–Crippen LogP) is 3.34. The van der Waals surface area contributed by atoms with Gasteiger partial charge in [0.15, 0.2) is 0 Å². The van der Waals surface area contributed by atoms with Gasteiger partial charge in [0.1, 0.15) is 6.04 Å². The van der Waals surface area contributed by atoms with Gasteiger partial charge in [-0.05, 0) is 70.6 Å². The molecule has 0 unspecified atom stereocenters. The summed E-state index contributed by atoms with van der Waals surface area (Å²) in [5.41, 5.74) is 0.0377. The van der Waals surface area contributed by atoms with Crippen LogP contribution in [0.4, 0.5) is 0 Å². The number of methoxy groups -OCH3 is 2. The number of carbonyl (C=O) groups excluding carboxylic acids is 4. The van der Waals surface area contributed by atoms with Gasteiger partial charge in [0, 0.05) is 33.2 Å². The zero-order valence-electron chi connectivity index (χ0n) is 33.6. The van der Waals surface area contributed by atoms with Crippen LogP contribution >= 0.6 is 0 Å². The number of rotatable bonds is 19. The minimum absolute atomic E-state index is 0.0314. The van der Waals surface area contributed by atoms with Crippen molar-refractivity contribution in [3.63, 3.8) is 0 Å². The molecule has 4 amide bonds. The first-order valence-electron chi connectivity index (χ1n) is 19.2. The second-order valence-corrected chi connectivity index (χ2v) is 15.7. The van der Waals surface area contributed by atoms with E-state index in [0.717, 1.165) is 31.4 Å². The summed E-state index contributed by atoms with van der Waals surface area (Å²) < 4.78 is 11.9. The van der Waals surface area contributed by atoms with Gasteiger partial charge < -0.3 is 24.8 Å². The molecule has 298 valence electrons. The molecule has 2 aliphatic rings. The van der Waals surface area contributed by atoms with Crippen LogP contribution in [0.25, 0.3) is 0 Å². The number of carboxylic acid groups (broad SMARTS) is 1. The van der Waals surface area contributed by atoms with Crippen LogP contribution in [0.15, 0.2) is 30.3 Å². The van der Waals surface area contributed by atoms with E-state index >= 15 is 0 Å². The summed E-state index contributed by atoms with van der Waals surface area (Å²) in [6.07, 6.45) is 2.60. The molecule has 13 heteroatoms. The van der Waals surface area contributed by atoms with E-state index in [1.807, 2.05) is 75.0 Å². The van der Waals surface area contributed by atoms with Crippen molar-refractivity contribution in [3.05, 3.63) is 35.9 Å². The first-order valence-corrected chi connectivity index (χ1v) is 19.2. The lowest BCUT2D eigenvalue weighted by molar-refractivity contribution is -0.146. The molecule has 1 aromatic rings. The molecule has 2 fully saturated rings. The Balaban J connectivity index is 1.77. The summed E-state index contributed by atoms with van der Waals surface area (Å²) in [7, 11) is 6.85. The van der Waals surface area contributed by atoms with Gasteiger partial charge in [-0.3, -0.25) is 34.3 Å². The van der Waals surface area contributed by atoms with Crippen LogP contribution < -0.4 is 10.6 Å². The molecular formula is C40H65N5O8. The average Bonchev–Trinajstić information content (AvgIpc) is 3.74. The Morgan fingerprint density at radius 2 is 1.66 bits per heavy atom. The lowest BCUT2D eigenvalue weighted by Gasteiger charge is -2.43. The van der Waals surface area contributed by atoms with Gasteiger partial charge >= 0.3 is 5.97 Å². The number of aliphatic carboxylic acids is 1. The second-order valence-electron chi connectivity index (χ2n) is 15.7. The van der Waals surface area contributed by atoms with Gasteiger partial charge in [0.25, 0.3) is 0 Å². The zero-order chi connectivity index (χ0) is 39.6. The third kappa shape index (κ3) is 10.6. The number of imide groups is 1. The zero-order valence-corrected chi connectivity index (χ0v) is 33.6. The number of hydrogen-bond acceptors (Lipinski definition) is 9. The molecule has 3 N–H and O–H groups in total. The van der Waals surface area contributed by atoms with Gasteiger partial charge in [-0.15, -0.1) is 0 Å². The monoisotopic (exact) mass is 743 g/mol. The predicted molar refractivity (Wildman–Crippen MR) is 203 cm³/mol. The Labute approximate surface area is 316 Å². The largest absolute Gasteiger partial charge is 0.480 e. The molecule has 13 nitrogen and oxygen atoms in total. The lowest BCUT2D eigenvalue weighted by Crippen LogP contribution is -2.61. The number of ether oxygens (including phenoxy) is 2. The fourth-order valence-electron chi connectivity index (χ4n) is 8.39. The summed E-state index contributed by atoms with van der Waals surface area (Å²) in [6, 6.07) is 6.60. The van der Waals surface area contributed by atoms with E-state index < -0.39 is 53.7 Å². The van der Waals surface area contributed by atoms with Gasteiger partial charge in [0.2, 0.25) is 23.6 Å². The van der Waals surface area contributed by atoms with Crippen molar-refractivity contribution >= 4 is 29.6 Å². The number of hydrogen-bond donors (Lipinski definition) is 3. The molecule has 2 saturated heterocycles. The normalized spacial score (nSPS) is 23.2. The fourth-order valence-corrected chi connectivity index (χ4v) is 8.39. The molecule has 0 bridgehead atoms. The molecule has 0 aromatic heterocycles. The van der Waals surface area contributed by atoms with Crippen molar-refractivity contribution in [1.82, 2.24) is 25.3 Å². The maximum absolute atomic E-state index is 14.2. The molecule has 2 aliphatic heterocycles. The van der Waals surface area contributed by atoms with Gasteiger partial charge in [-0.25, -0.2) is 4.79 Å². The minimum Gasteiger partial charge on any atom is -0.480 e. The summed E-state index contributed by atoms with van der Waals surface area (Å²) in [5, 5.41) is 15.3. The van der Waals surface area contributed by atoms with Crippen molar-refractivity contribution in [3.8, 4) is 0 Å². The van der Waals surface area contributed by atoms with Gasteiger partial charge in [-0.1, -0.05) is 71.4 Å². The van der Waals surface area contributed by atoms with Crippen LogP contribution in [-0.2, 0) is 39.9 Å². The Bertz CT molecular complexity index is 1390. The Morgan fingerprint density at radius 1 is 1.00 bits per heavy atom. The topological polar surface area (TPSA) is 158 Å². The molecule has 0 spiro atoms. The van der Waals surface area contributed by atoms with Crippen LogP contribution in [0, 0.1) is 17.8 Å². The summed E-state index contributed by atoms with van der Waals surface area (Å²) in [6.45, 7) is 12.9. The fraction of sp³-hybridized carbons (Fsp3) is 0.725. The smallest absolute Gasteiger partial charge is 0.326 e.